The van der Waals surface area contributed by atoms with E-state index in [0.29, 0.717) is 12.5 Å². The second-order valence-electron chi connectivity index (χ2n) is 7.16. The maximum absolute atomic E-state index is 12.7. The number of para-hydroxylation sites is 1. The van der Waals surface area contributed by atoms with Gasteiger partial charge >= 0.3 is 0 Å². The van der Waals surface area contributed by atoms with Crippen molar-refractivity contribution >= 4 is 17.5 Å². The average Bonchev–Trinajstić information content (AvgIpc) is 3.14. The number of carbonyl (C=O) groups excluding carboxylic acids is 2. The van der Waals surface area contributed by atoms with Crippen LogP contribution in [0.25, 0.3) is 0 Å². The third-order valence-electron chi connectivity index (χ3n) is 5.24. The molecule has 1 aromatic carbocycles. The average molecular weight is 343 g/mol. The molecule has 1 atom stereocenters. The number of nitrogens with zero attached hydrogens (tertiary/aromatic N) is 2. The molecule has 3 rings (SSSR count). The van der Waals surface area contributed by atoms with Gasteiger partial charge in [-0.2, -0.15) is 0 Å². The van der Waals surface area contributed by atoms with Crippen molar-refractivity contribution in [3.05, 3.63) is 30.3 Å². The van der Waals surface area contributed by atoms with Gasteiger partial charge < -0.3 is 15.1 Å². The molecule has 1 unspecified atom stereocenters. The van der Waals surface area contributed by atoms with E-state index in [9.17, 15) is 9.59 Å². The molecule has 136 valence electrons. The predicted molar refractivity (Wildman–Crippen MR) is 99.3 cm³/mol. The fourth-order valence-corrected chi connectivity index (χ4v) is 3.89. The van der Waals surface area contributed by atoms with E-state index in [1.165, 1.54) is 19.3 Å². The molecule has 0 bridgehead atoms. The lowest BCUT2D eigenvalue weighted by atomic mass is 10.0. The van der Waals surface area contributed by atoms with Crippen LogP contribution in [0.1, 0.15) is 44.9 Å². The van der Waals surface area contributed by atoms with Crippen LogP contribution in [0, 0.1) is 0 Å². The third kappa shape index (κ3) is 5.30. The van der Waals surface area contributed by atoms with Crippen LogP contribution in [-0.2, 0) is 9.59 Å². The summed E-state index contributed by atoms with van der Waals surface area (Å²) in [7, 11) is 0. The summed E-state index contributed by atoms with van der Waals surface area (Å²) in [6.07, 6.45) is 6.49. The van der Waals surface area contributed by atoms with Crippen molar-refractivity contribution in [2.24, 2.45) is 0 Å². The Morgan fingerprint density at radius 3 is 2.44 bits per heavy atom. The van der Waals surface area contributed by atoms with E-state index < -0.39 is 0 Å². The molecule has 2 aliphatic heterocycles. The van der Waals surface area contributed by atoms with Crippen LogP contribution in [0.5, 0.6) is 0 Å². The molecule has 0 aromatic heterocycles. The Morgan fingerprint density at radius 2 is 1.68 bits per heavy atom. The monoisotopic (exact) mass is 343 g/mol. The van der Waals surface area contributed by atoms with Gasteiger partial charge in [0.05, 0.1) is 0 Å². The number of likely N-dealkylation sites (tertiary alicyclic amines) is 2. The molecule has 0 radical (unpaired) electrons. The van der Waals surface area contributed by atoms with Gasteiger partial charge in [0.2, 0.25) is 11.8 Å². The molecular weight excluding hydrogens is 314 g/mol. The van der Waals surface area contributed by atoms with Crippen molar-refractivity contribution in [3.8, 4) is 0 Å². The van der Waals surface area contributed by atoms with E-state index in [1.54, 1.807) is 0 Å². The van der Waals surface area contributed by atoms with Crippen LogP contribution >= 0.6 is 0 Å². The fraction of sp³-hybridized carbons (Fsp3) is 0.600. The molecule has 2 saturated heterocycles. The third-order valence-corrected chi connectivity index (χ3v) is 5.24. The van der Waals surface area contributed by atoms with Gasteiger partial charge in [-0.25, -0.2) is 0 Å². The normalized spacial score (nSPS) is 21.3. The van der Waals surface area contributed by atoms with Gasteiger partial charge in [-0.05, 0) is 57.3 Å². The molecule has 5 heteroatoms. The largest absolute Gasteiger partial charge is 0.338 e. The fourth-order valence-electron chi connectivity index (χ4n) is 3.89. The lowest BCUT2D eigenvalue weighted by Crippen LogP contribution is -2.49. The summed E-state index contributed by atoms with van der Waals surface area (Å²) in [5.41, 5.74) is 0.782. The SMILES string of the molecule is O=C(CCC(=O)N1CCCCC1CN1CCCC1)Nc1ccccc1. The van der Waals surface area contributed by atoms with Crippen molar-refractivity contribution in [2.45, 2.75) is 51.0 Å². The molecule has 1 N–H and O–H groups in total. The zero-order valence-electron chi connectivity index (χ0n) is 15.0. The highest BCUT2D eigenvalue weighted by Crippen LogP contribution is 2.21. The molecule has 2 amide bonds. The van der Waals surface area contributed by atoms with E-state index in [4.69, 9.17) is 0 Å². The van der Waals surface area contributed by atoms with Crippen LogP contribution in [-0.4, -0.2) is 53.8 Å². The topological polar surface area (TPSA) is 52.7 Å². The summed E-state index contributed by atoms with van der Waals surface area (Å²) in [6, 6.07) is 9.73. The molecule has 2 aliphatic rings. The minimum atomic E-state index is -0.0901. The van der Waals surface area contributed by atoms with Crippen LogP contribution in [0.2, 0.25) is 0 Å². The molecule has 2 heterocycles. The lowest BCUT2D eigenvalue weighted by molar-refractivity contribution is -0.136. The number of nitrogens with one attached hydrogen (secondary N) is 1. The summed E-state index contributed by atoms with van der Waals surface area (Å²) >= 11 is 0. The molecule has 0 saturated carbocycles. The number of hydrogen-bond donors (Lipinski definition) is 1. The van der Waals surface area contributed by atoms with Gasteiger partial charge in [-0.1, -0.05) is 18.2 Å². The Bertz CT molecular complexity index is 570. The molecule has 5 nitrogen and oxygen atoms in total. The Hall–Kier alpha value is -1.88. The first-order chi connectivity index (χ1) is 12.2. The van der Waals surface area contributed by atoms with Crippen molar-refractivity contribution in [1.29, 1.82) is 0 Å². The van der Waals surface area contributed by atoms with Gasteiger partial charge in [0.15, 0.2) is 0 Å². The number of amides is 2. The molecule has 0 aliphatic carbocycles. The number of hydrogen-bond acceptors (Lipinski definition) is 3. The minimum absolute atomic E-state index is 0.0901. The summed E-state index contributed by atoms with van der Waals surface area (Å²) in [4.78, 5) is 29.3. The first-order valence-corrected chi connectivity index (χ1v) is 9.59. The highest BCUT2D eigenvalue weighted by Gasteiger charge is 2.29. The van der Waals surface area contributed by atoms with E-state index in [0.717, 1.165) is 44.7 Å². The molecule has 2 fully saturated rings. The summed E-state index contributed by atoms with van der Waals surface area (Å²) in [5.74, 6) is 0.0414. The van der Waals surface area contributed by atoms with Crippen molar-refractivity contribution in [1.82, 2.24) is 9.80 Å². The van der Waals surface area contributed by atoms with Crippen LogP contribution in [0.15, 0.2) is 30.3 Å². The molecule has 1 aromatic rings. The Balaban J connectivity index is 1.47. The standard InChI is InChI=1S/C20H29N3O2/c24-19(21-17-8-2-1-3-9-17)11-12-20(25)23-15-5-4-10-18(23)16-22-13-6-7-14-22/h1-3,8-9,18H,4-7,10-16H2,(H,21,24). The number of piperidine rings is 1. The minimum Gasteiger partial charge on any atom is -0.338 e. The Kier molecular flexibility index (Phi) is 6.45. The number of rotatable bonds is 6. The summed E-state index contributed by atoms with van der Waals surface area (Å²) < 4.78 is 0. The van der Waals surface area contributed by atoms with Crippen LogP contribution < -0.4 is 5.32 Å². The number of benzene rings is 1. The maximum atomic E-state index is 12.7. The summed E-state index contributed by atoms with van der Waals surface area (Å²) in [6.45, 7) is 4.18. The zero-order chi connectivity index (χ0) is 17.5. The highest BCUT2D eigenvalue weighted by atomic mass is 16.2. The van der Waals surface area contributed by atoms with E-state index in [-0.39, 0.29) is 18.2 Å². The van der Waals surface area contributed by atoms with Gasteiger partial charge in [0.25, 0.3) is 0 Å². The van der Waals surface area contributed by atoms with E-state index in [2.05, 4.69) is 10.2 Å². The number of carbonyl (C=O) groups is 2. The van der Waals surface area contributed by atoms with Gasteiger partial charge in [-0.15, -0.1) is 0 Å². The molecular formula is C20H29N3O2. The van der Waals surface area contributed by atoms with Crippen LogP contribution in [0.4, 0.5) is 5.69 Å². The van der Waals surface area contributed by atoms with Crippen molar-refractivity contribution in [3.63, 3.8) is 0 Å². The zero-order valence-corrected chi connectivity index (χ0v) is 15.0. The second kappa shape index (κ2) is 8.99. The van der Waals surface area contributed by atoms with Gasteiger partial charge in [0.1, 0.15) is 0 Å². The van der Waals surface area contributed by atoms with E-state index in [1.807, 2.05) is 35.2 Å². The first-order valence-electron chi connectivity index (χ1n) is 9.59. The maximum Gasteiger partial charge on any atom is 0.224 e. The lowest BCUT2D eigenvalue weighted by Gasteiger charge is -2.38. The van der Waals surface area contributed by atoms with Crippen molar-refractivity contribution < 1.29 is 9.59 Å². The molecule has 0 spiro atoms. The van der Waals surface area contributed by atoms with Gasteiger partial charge in [0, 0.05) is 37.7 Å². The Morgan fingerprint density at radius 1 is 0.960 bits per heavy atom. The smallest absolute Gasteiger partial charge is 0.224 e. The molecule has 25 heavy (non-hydrogen) atoms. The Labute approximate surface area is 150 Å². The predicted octanol–water partition coefficient (Wildman–Crippen LogP) is 2.88. The van der Waals surface area contributed by atoms with E-state index >= 15 is 0 Å². The quantitative estimate of drug-likeness (QED) is 0.864. The first kappa shape index (κ1) is 17.9. The summed E-state index contributed by atoms with van der Waals surface area (Å²) in [5, 5.41) is 2.85. The number of anilines is 1. The van der Waals surface area contributed by atoms with Crippen molar-refractivity contribution in [2.75, 3.05) is 31.5 Å². The second-order valence-corrected chi connectivity index (χ2v) is 7.16. The highest BCUT2D eigenvalue weighted by molar-refractivity contribution is 5.93. The van der Waals surface area contributed by atoms with Gasteiger partial charge in [-0.3, -0.25) is 9.59 Å². The van der Waals surface area contributed by atoms with Crippen LogP contribution in [0.3, 0.4) is 0 Å².